The van der Waals surface area contributed by atoms with Gasteiger partial charge in [0.1, 0.15) is 6.04 Å². The molecule has 0 aliphatic carbocycles. The number of thioether (sulfide) groups is 1. The summed E-state index contributed by atoms with van der Waals surface area (Å²) in [6, 6.07) is -0.453. The molecule has 5 heteroatoms. The van der Waals surface area contributed by atoms with E-state index in [4.69, 9.17) is 0 Å². The van der Waals surface area contributed by atoms with E-state index in [1.807, 2.05) is 0 Å². The lowest BCUT2D eigenvalue weighted by Gasteiger charge is -2.01. The zero-order valence-corrected chi connectivity index (χ0v) is 5.90. The third-order valence-electron chi connectivity index (χ3n) is 1.66. The number of rotatable bonds is 0. The topological polar surface area (TPSA) is 58.2 Å². The maximum atomic E-state index is 10.9. The number of fused-ring (bicyclic) bond motifs is 1. The molecule has 2 atom stereocenters. The maximum absolute atomic E-state index is 10.9. The number of hydrogen-bond acceptors (Lipinski definition) is 3. The molecule has 2 amide bonds. The Balaban J connectivity index is 2.19. The Morgan fingerprint density at radius 1 is 1.40 bits per heavy atom. The molecular formula is C5H6N2O2S. The normalized spacial score (nSPS) is 37.2. The van der Waals surface area contributed by atoms with Gasteiger partial charge in [0.25, 0.3) is 0 Å². The monoisotopic (exact) mass is 158 g/mol. The highest BCUT2D eigenvalue weighted by atomic mass is 32.2. The summed E-state index contributed by atoms with van der Waals surface area (Å²) < 4.78 is 0. The lowest BCUT2D eigenvalue weighted by atomic mass is 10.2. The van der Waals surface area contributed by atoms with Gasteiger partial charge < -0.3 is 10.6 Å². The number of urea groups is 1. The molecule has 54 valence electrons. The molecular weight excluding hydrogens is 152 g/mol. The highest BCUT2D eigenvalue weighted by Crippen LogP contribution is 2.22. The molecule has 10 heavy (non-hydrogen) atoms. The van der Waals surface area contributed by atoms with Gasteiger partial charge in [0.05, 0.1) is 6.04 Å². The molecule has 2 aliphatic rings. The fourth-order valence-corrected chi connectivity index (χ4v) is 2.18. The lowest BCUT2D eigenvalue weighted by molar-refractivity contribution is -0.112. The first-order chi connectivity index (χ1) is 4.77. The van der Waals surface area contributed by atoms with Crippen LogP contribution in [0.25, 0.3) is 0 Å². The summed E-state index contributed by atoms with van der Waals surface area (Å²) >= 11 is 1.28. The molecule has 2 saturated heterocycles. The van der Waals surface area contributed by atoms with Crippen LogP contribution in [0.1, 0.15) is 0 Å². The van der Waals surface area contributed by atoms with Crippen LogP contribution in [-0.4, -0.2) is 29.0 Å². The molecule has 0 aromatic carbocycles. The minimum Gasteiger partial charge on any atom is -0.332 e. The van der Waals surface area contributed by atoms with Crippen molar-refractivity contribution in [3.63, 3.8) is 0 Å². The number of carbonyl (C=O) groups is 2. The van der Waals surface area contributed by atoms with Gasteiger partial charge in [-0.05, 0) is 0 Å². The SMILES string of the molecule is O=C1NC2CSC(=O)C2N1. The Hall–Kier alpha value is -0.710. The average Bonchev–Trinajstić information content (AvgIpc) is 2.35. The molecule has 0 aromatic heterocycles. The number of hydrogen-bond donors (Lipinski definition) is 2. The Bertz CT molecular complexity index is 206. The first-order valence-electron chi connectivity index (χ1n) is 3.01. The molecule has 2 heterocycles. The molecule has 2 fully saturated rings. The summed E-state index contributed by atoms with van der Waals surface area (Å²) in [4.78, 5) is 21.5. The second-order valence-electron chi connectivity index (χ2n) is 2.33. The first-order valence-corrected chi connectivity index (χ1v) is 3.99. The van der Waals surface area contributed by atoms with E-state index in [0.29, 0.717) is 5.75 Å². The Kier molecular flexibility index (Phi) is 1.14. The molecule has 0 saturated carbocycles. The Labute approximate surface area is 61.7 Å². The van der Waals surface area contributed by atoms with Crippen molar-refractivity contribution in [2.24, 2.45) is 0 Å². The van der Waals surface area contributed by atoms with Crippen molar-refractivity contribution >= 4 is 22.9 Å². The quantitative estimate of drug-likeness (QED) is 0.459. The van der Waals surface area contributed by atoms with Gasteiger partial charge in [-0.1, -0.05) is 11.8 Å². The van der Waals surface area contributed by atoms with E-state index in [9.17, 15) is 9.59 Å². The van der Waals surface area contributed by atoms with Crippen LogP contribution in [0.2, 0.25) is 0 Å². The van der Waals surface area contributed by atoms with Gasteiger partial charge >= 0.3 is 6.03 Å². The summed E-state index contributed by atoms with van der Waals surface area (Å²) in [5.74, 6) is 0.711. The fraction of sp³-hybridized carbons (Fsp3) is 0.600. The van der Waals surface area contributed by atoms with Crippen LogP contribution in [0.3, 0.4) is 0 Å². The predicted octanol–water partition coefficient (Wildman–Crippen LogP) is -0.690. The van der Waals surface area contributed by atoms with Crippen LogP contribution in [0.4, 0.5) is 4.79 Å². The van der Waals surface area contributed by atoms with Crippen LogP contribution >= 0.6 is 11.8 Å². The smallest absolute Gasteiger partial charge is 0.315 e. The van der Waals surface area contributed by atoms with Crippen LogP contribution in [0.5, 0.6) is 0 Å². The molecule has 2 rings (SSSR count). The molecule has 2 aliphatic heterocycles. The van der Waals surface area contributed by atoms with E-state index in [2.05, 4.69) is 10.6 Å². The van der Waals surface area contributed by atoms with Gasteiger partial charge in [-0.15, -0.1) is 0 Å². The second-order valence-corrected chi connectivity index (χ2v) is 3.36. The van der Waals surface area contributed by atoms with E-state index in [1.54, 1.807) is 0 Å². The van der Waals surface area contributed by atoms with Crippen LogP contribution < -0.4 is 10.6 Å². The van der Waals surface area contributed by atoms with E-state index >= 15 is 0 Å². The minimum atomic E-state index is -0.266. The van der Waals surface area contributed by atoms with Crippen molar-refractivity contribution in [1.29, 1.82) is 0 Å². The first kappa shape index (κ1) is 6.03. The molecule has 2 unspecified atom stereocenters. The zero-order valence-electron chi connectivity index (χ0n) is 5.09. The van der Waals surface area contributed by atoms with Gasteiger partial charge in [-0.25, -0.2) is 4.79 Å². The molecule has 0 bridgehead atoms. The average molecular weight is 158 g/mol. The van der Waals surface area contributed by atoms with Gasteiger partial charge in [0, 0.05) is 5.75 Å². The van der Waals surface area contributed by atoms with Crippen molar-refractivity contribution in [3.05, 3.63) is 0 Å². The summed E-state index contributed by atoms with van der Waals surface area (Å²) in [6.45, 7) is 0. The molecule has 2 N–H and O–H groups in total. The molecule has 4 nitrogen and oxygen atoms in total. The fourth-order valence-electron chi connectivity index (χ4n) is 1.16. The lowest BCUT2D eigenvalue weighted by Crippen LogP contribution is -2.33. The third-order valence-corrected chi connectivity index (χ3v) is 2.73. The van der Waals surface area contributed by atoms with Crippen molar-refractivity contribution in [1.82, 2.24) is 10.6 Å². The minimum absolute atomic E-state index is 0.0324. The van der Waals surface area contributed by atoms with Crippen molar-refractivity contribution in [2.45, 2.75) is 12.1 Å². The summed E-state index contributed by atoms with van der Waals surface area (Å²) in [5, 5.41) is 5.27. The van der Waals surface area contributed by atoms with E-state index in [1.165, 1.54) is 11.8 Å². The van der Waals surface area contributed by atoms with Crippen LogP contribution in [0.15, 0.2) is 0 Å². The highest BCUT2D eigenvalue weighted by Gasteiger charge is 2.42. The molecule has 0 spiro atoms. The van der Waals surface area contributed by atoms with Gasteiger partial charge in [0.15, 0.2) is 0 Å². The standard InChI is InChI=1S/C5H6N2O2S/c8-4-3-2(1-10-4)6-5(9)7-3/h2-3H,1H2,(H2,6,7,9). The van der Waals surface area contributed by atoms with Crippen molar-refractivity contribution in [3.8, 4) is 0 Å². The summed E-state index contributed by atoms with van der Waals surface area (Å²) in [6.07, 6.45) is 0. The second kappa shape index (κ2) is 1.88. The third kappa shape index (κ3) is 0.701. The van der Waals surface area contributed by atoms with Crippen LogP contribution in [0, 0.1) is 0 Å². The Morgan fingerprint density at radius 2 is 2.20 bits per heavy atom. The molecule has 0 radical (unpaired) electrons. The van der Waals surface area contributed by atoms with Crippen molar-refractivity contribution < 1.29 is 9.59 Å². The predicted molar refractivity (Wildman–Crippen MR) is 36.7 cm³/mol. The summed E-state index contributed by atoms with van der Waals surface area (Å²) in [7, 11) is 0. The van der Waals surface area contributed by atoms with Gasteiger partial charge in [0.2, 0.25) is 5.12 Å². The van der Waals surface area contributed by atoms with Gasteiger partial charge in [-0.2, -0.15) is 0 Å². The largest absolute Gasteiger partial charge is 0.332 e. The zero-order chi connectivity index (χ0) is 7.14. The van der Waals surface area contributed by atoms with E-state index in [-0.39, 0.29) is 23.2 Å². The maximum Gasteiger partial charge on any atom is 0.315 e. The van der Waals surface area contributed by atoms with E-state index in [0.717, 1.165) is 0 Å². The number of carbonyl (C=O) groups excluding carboxylic acids is 2. The Morgan fingerprint density at radius 3 is 2.90 bits per heavy atom. The summed E-state index contributed by atoms with van der Waals surface area (Å²) in [5.41, 5.74) is 0. The van der Waals surface area contributed by atoms with Crippen molar-refractivity contribution in [2.75, 3.05) is 5.75 Å². The van der Waals surface area contributed by atoms with E-state index < -0.39 is 0 Å². The van der Waals surface area contributed by atoms with Crippen LogP contribution in [-0.2, 0) is 4.79 Å². The highest BCUT2D eigenvalue weighted by molar-refractivity contribution is 8.14. The number of amides is 2. The number of nitrogens with one attached hydrogen (secondary N) is 2. The van der Waals surface area contributed by atoms with Gasteiger partial charge in [-0.3, -0.25) is 4.79 Å². The molecule has 0 aromatic rings.